The van der Waals surface area contributed by atoms with E-state index in [-0.39, 0.29) is 6.04 Å². The molecule has 31 heavy (non-hydrogen) atoms. The number of hydrogen-bond acceptors (Lipinski definition) is 5. The fourth-order valence-corrected chi connectivity index (χ4v) is 3.76. The Morgan fingerprint density at radius 1 is 1.16 bits per heavy atom. The number of nitrogens with zero attached hydrogens (tertiary/aromatic N) is 2. The van der Waals surface area contributed by atoms with E-state index in [0.717, 1.165) is 38.5 Å². The van der Waals surface area contributed by atoms with Crippen molar-refractivity contribution in [2.45, 2.75) is 19.9 Å². The van der Waals surface area contributed by atoms with Crippen LogP contribution in [0.25, 0.3) is 0 Å². The van der Waals surface area contributed by atoms with E-state index >= 15 is 0 Å². The molecule has 1 unspecified atom stereocenters. The smallest absolute Gasteiger partial charge is 0.195 e. The Morgan fingerprint density at radius 3 is 2.65 bits per heavy atom. The van der Waals surface area contributed by atoms with E-state index in [0.29, 0.717) is 24.1 Å². The van der Waals surface area contributed by atoms with E-state index in [2.05, 4.69) is 51.7 Å². The summed E-state index contributed by atoms with van der Waals surface area (Å²) in [6, 6.07) is 14.7. The third-order valence-electron chi connectivity index (χ3n) is 5.33. The second kappa shape index (κ2) is 11.6. The highest BCUT2D eigenvalue weighted by Gasteiger charge is 2.23. The summed E-state index contributed by atoms with van der Waals surface area (Å²) in [6.45, 7) is 8.76. The van der Waals surface area contributed by atoms with Crippen LogP contribution < -0.4 is 20.1 Å². The van der Waals surface area contributed by atoms with Gasteiger partial charge < -0.3 is 24.8 Å². The maximum absolute atomic E-state index is 5.69. The normalized spacial score (nSPS) is 15.9. The molecule has 2 N–H and O–H groups in total. The first-order valence-electron chi connectivity index (χ1n) is 10.8. The van der Waals surface area contributed by atoms with Crippen molar-refractivity contribution in [1.82, 2.24) is 10.2 Å². The number of morpholine rings is 1. The van der Waals surface area contributed by atoms with Crippen LogP contribution in [0.5, 0.6) is 11.5 Å². The SMILES string of the molecule is CCOc1cc(NC(=NC)NCC(c2cccc(C)c2)N2CCOCC2)ccc1OC. The van der Waals surface area contributed by atoms with E-state index in [1.165, 1.54) is 11.1 Å². The van der Waals surface area contributed by atoms with Gasteiger partial charge in [0.1, 0.15) is 0 Å². The summed E-state index contributed by atoms with van der Waals surface area (Å²) in [6.07, 6.45) is 0. The summed E-state index contributed by atoms with van der Waals surface area (Å²) in [4.78, 5) is 6.88. The zero-order valence-corrected chi connectivity index (χ0v) is 19.0. The third-order valence-corrected chi connectivity index (χ3v) is 5.33. The number of rotatable bonds is 8. The molecule has 1 aliphatic heterocycles. The second-order valence-electron chi connectivity index (χ2n) is 7.46. The highest BCUT2D eigenvalue weighted by atomic mass is 16.5. The van der Waals surface area contributed by atoms with Crippen LogP contribution in [-0.4, -0.2) is 64.5 Å². The average molecular weight is 427 g/mol. The van der Waals surface area contributed by atoms with E-state index in [1.54, 1.807) is 14.2 Å². The first-order valence-corrected chi connectivity index (χ1v) is 10.8. The Bertz CT molecular complexity index is 866. The van der Waals surface area contributed by atoms with Gasteiger partial charge in [-0.25, -0.2) is 0 Å². The highest BCUT2D eigenvalue weighted by molar-refractivity contribution is 5.93. The number of nitrogens with one attached hydrogen (secondary N) is 2. The van der Waals surface area contributed by atoms with Crippen molar-refractivity contribution < 1.29 is 14.2 Å². The fourth-order valence-electron chi connectivity index (χ4n) is 3.76. The van der Waals surface area contributed by atoms with Gasteiger partial charge >= 0.3 is 0 Å². The lowest BCUT2D eigenvalue weighted by Crippen LogP contribution is -2.44. The quantitative estimate of drug-likeness (QED) is 0.498. The maximum Gasteiger partial charge on any atom is 0.195 e. The molecule has 1 heterocycles. The Balaban J connectivity index is 1.71. The summed E-state index contributed by atoms with van der Waals surface area (Å²) >= 11 is 0. The van der Waals surface area contributed by atoms with Gasteiger partial charge in [0.25, 0.3) is 0 Å². The highest BCUT2D eigenvalue weighted by Crippen LogP contribution is 2.30. The summed E-state index contributed by atoms with van der Waals surface area (Å²) in [5.74, 6) is 2.12. The van der Waals surface area contributed by atoms with E-state index < -0.39 is 0 Å². The molecular weight excluding hydrogens is 392 g/mol. The number of aliphatic imine (C=N–C) groups is 1. The van der Waals surface area contributed by atoms with Crippen molar-refractivity contribution in [2.75, 3.05) is 58.9 Å². The zero-order chi connectivity index (χ0) is 22.1. The molecule has 7 heteroatoms. The van der Waals surface area contributed by atoms with Crippen LogP contribution in [0, 0.1) is 6.92 Å². The second-order valence-corrected chi connectivity index (χ2v) is 7.46. The number of methoxy groups -OCH3 is 1. The first-order chi connectivity index (χ1) is 15.1. The van der Waals surface area contributed by atoms with Gasteiger partial charge in [0, 0.05) is 38.4 Å². The molecule has 1 saturated heterocycles. The van der Waals surface area contributed by atoms with Gasteiger partial charge in [-0.2, -0.15) is 0 Å². The number of aryl methyl sites for hydroxylation is 1. The van der Waals surface area contributed by atoms with Crippen molar-refractivity contribution in [3.8, 4) is 11.5 Å². The molecule has 0 spiro atoms. The minimum Gasteiger partial charge on any atom is -0.493 e. The Labute approximate surface area is 185 Å². The van der Waals surface area contributed by atoms with Crippen molar-refractivity contribution in [3.05, 3.63) is 53.6 Å². The van der Waals surface area contributed by atoms with Gasteiger partial charge in [0.05, 0.1) is 33.0 Å². The Kier molecular flexibility index (Phi) is 8.55. The molecule has 2 aromatic rings. The lowest BCUT2D eigenvalue weighted by Gasteiger charge is -2.35. The van der Waals surface area contributed by atoms with E-state index in [9.17, 15) is 0 Å². The first kappa shape index (κ1) is 22.9. The summed E-state index contributed by atoms with van der Waals surface area (Å²) < 4.78 is 16.6. The number of benzene rings is 2. The number of hydrogen-bond donors (Lipinski definition) is 2. The number of ether oxygens (including phenoxy) is 3. The van der Waals surface area contributed by atoms with Gasteiger partial charge in [-0.05, 0) is 31.5 Å². The minimum atomic E-state index is 0.234. The number of anilines is 1. The summed E-state index contributed by atoms with van der Waals surface area (Å²) in [5.41, 5.74) is 3.45. The standard InChI is InChI=1S/C24H34N4O3/c1-5-31-23-16-20(9-10-22(23)29-4)27-24(25-3)26-17-21(28-11-13-30-14-12-28)19-8-6-7-18(2)15-19/h6-10,15-16,21H,5,11-14,17H2,1-4H3,(H2,25,26,27). The minimum absolute atomic E-state index is 0.234. The third kappa shape index (κ3) is 6.35. The van der Waals surface area contributed by atoms with Crippen LogP contribution in [0.4, 0.5) is 5.69 Å². The molecule has 0 saturated carbocycles. The van der Waals surface area contributed by atoms with Gasteiger partial charge in [0.15, 0.2) is 17.5 Å². The zero-order valence-electron chi connectivity index (χ0n) is 19.0. The molecule has 0 radical (unpaired) electrons. The van der Waals surface area contributed by atoms with Gasteiger partial charge in [-0.3, -0.25) is 9.89 Å². The van der Waals surface area contributed by atoms with Crippen molar-refractivity contribution in [1.29, 1.82) is 0 Å². The lowest BCUT2D eigenvalue weighted by molar-refractivity contribution is 0.0170. The molecular formula is C24H34N4O3. The molecule has 1 fully saturated rings. The van der Waals surface area contributed by atoms with Crippen molar-refractivity contribution in [3.63, 3.8) is 0 Å². The topological polar surface area (TPSA) is 67.4 Å². The van der Waals surface area contributed by atoms with E-state index in [1.807, 2.05) is 25.1 Å². The fraction of sp³-hybridized carbons (Fsp3) is 0.458. The molecule has 7 nitrogen and oxygen atoms in total. The molecule has 1 aliphatic rings. The summed E-state index contributed by atoms with van der Waals surface area (Å²) in [5, 5.41) is 6.86. The largest absolute Gasteiger partial charge is 0.493 e. The predicted octanol–water partition coefficient (Wildman–Crippen LogP) is 3.46. The molecule has 168 valence electrons. The Hall–Kier alpha value is -2.77. The number of guanidine groups is 1. The monoisotopic (exact) mass is 426 g/mol. The van der Waals surface area contributed by atoms with Crippen LogP contribution in [0.2, 0.25) is 0 Å². The van der Waals surface area contributed by atoms with Crippen molar-refractivity contribution in [2.24, 2.45) is 4.99 Å². The van der Waals surface area contributed by atoms with Crippen LogP contribution in [0.1, 0.15) is 24.1 Å². The van der Waals surface area contributed by atoms with Crippen LogP contribution in [0.15, 0.2) is 47.5 Å². The predicted molar refractivity (Wildman–Crippen MR) is 125 cm³/mol. The molecule has 0 aliphatic carbocycles. The van der Waals surface area contributed by atoms with Gasteiger partial charge in [-0.1, -0.05) is 29.8 Å². The van der Waals surface area contributed by atoms with E-state index in [4.69, 9.17) is 14.2 Å². The molecule has 0 bridgehead atoms. The van der Waals surface area contributed by atoms with Crippen LogP contribution >= 0.6 is 0 Å². The molecule has 0 aromatic heterocycles. The van der Waals surface area contributed by atoms with Gasteiger partial charge in [0.2, 0.25) is 0 Å². The van der Waals surface area contributed by atoms with Gasteiger partial charge in [-0.15, -0.1) is 0 Å². The maximum atomic E-state index is 5.69. The summed E-state index contributed by atoms with van der Waals surface area (Å²) in [7, 11) is 3.42. The van der Waals surface area contributed by atoms with Crippen molar-refractivity contribution >= 4 is 11.6 Å². The van der Waals surface area contributed by atoms with Crippen LogP contribution in [-0.2, 0) is 4.74 Å². The lowest BCUT2D eigenvalue weighted by atomic mass is 10.0. The molecule has 2 aromatic carbocycles. The Morgan fingerprint density at radius 2 is 1.97 bits per heavy atom. The molecule has 0 amide bonds. The van der Waals surface area contributed by atoms with Crippen LogP contribution in [0.3, 0.4) is 0 Å². The molecule has 3 rings (SSSR count). The molecule has 1 atom stereocenters. The average Bonchev–Trinajstić information content (AvgIpc) is 2.79.